The Hall–Kier alpha value is -2.49. The van der Waals surface area contributed by atoms with Crippen molar-refractivity contribution < 1.29 is 9.53 Å². The summed E-state index contributed by atoms with van der Waals surface area (Å²) in [5.74, 6) is 0.494. The third-order valence-corrected chi connectivity index (χ3v) is 3.18. The van der Waals surface area contributed by atoms with Gasteiger partial charge in [0.25, 0.3) is 5.91 Å². The van der Waals surface area contributed by atoms with Crippen LogP contribution < -0.4 is 15.8 Å². The molecule has 0 saturated heterocycles. The number of aryl methyl sites for hydroxylation is 3. The van der Waals surface area contributed by atoms with E-state index in [2.05, 4.69) is 5.32 Å². The fourth-order valence-corrected chi connectivity index (χ4v) is 1.99. The summed E-state index contributed by atoms with van der Waals surface area (Å²) < 4.78 is 5.56. The zero-order valence-corrected chi connectivity index (χ0v) is 12.6. The highest BCUT2D eigenvalue weighted by molar-refractivity contribution is 5.94. The van der Waals surface area contributed by atoms with E-state index in [1.165, 1.54) is 0 Å². The molecular weight excluding hydrogens is 264 g/mol. The first-order chi connectivity index (χ1) is 9.95. The first kappa shape index (κ1) is 14.9. The summed E-state index contributed by atoms with van der Waals surface area (Å²) >= 11 is 0. The Balaban J connectivity index is 1.97. The number of hydrogen-bond donors (Lipinski definition) is 2. The summed E-state index contributed by atoms with van der Waals surface area (Å²) in [6.07, 6.45) is 0. The highest BCUT2D eigenvalue weighted by Gasteiger charge is 2.07. The highest BCUT2D eigenvalue weighted by Crippen LogP contribution is 2.21. The quantitative estimate of drug-likeness (QED) is 0.847. The molecule has 0 radical (unpaired) electrons. The van der Waals surface area contributed by atoms with Crippen LogP contribution in [0, 0.1) is 20.8 Å². The van der Waals surface area contributed by atoms with E-state index in [4.69, 9.17) is 10.5 Å². The van der Waals surface area contributed by atoms with Crippen LogP contribution in [0.5, 0.6) is 5.75 Å². The maximum absolute atomic E-state index is 11.9. The molecule has 0 atom stereocenters. The lowest BCUT2D eigenvalue weighted by atomic mass is 10.1. The van der Waals surface area contributed by atoms with Gasteiger partial charge in [-0.05, 0) is 55.7 Å². The van der Waals surface area contributed by atoms with Gasteiger partial charge >= 0.3 is 0 Å². The smallest absolute Gasteiger partial charge is 0.262 e. The zero-order valence-electron chi connectivity index (χ0n) is 12.6. The molecule has 0 aromatic heterocycles. The number of nitrogens with one attached hydrogen (secondary N) is 1. The van der Waals surface area contributed by atoms with Gasteiger partial charge in [-0.15, -0.1) is 0 Å². The van der Waals surface area contributed by atoms with Crippen molar-refractivity contribution in [2.75, 3.05) is 17.7 Å². The van der Waals surface area contributed by atoms with Crippen LogP contribution in [0.4, 0.5) is 11.4 Å². The Bertz CT molecular complexity index is 666. The van der Waals surface area contributed by atoms with Crippen LogP contribution in [-0.4, -0.2) is 12.5 Å². The Labute approximate surface area is 124 Å². The summed E-state index contributed by atoms with van der Waals surface area (Å²) in [6.45, 7) is 5.84. The van der Waals surface area contributed by atoms with Gasteiger partial charge in [0.2, 0.25) is 0 Å². The summed E-state index contributed by atoms with van der Waals surface area (Å²) in [4.78, 5) is 11.9. The molecule has 0 unspecified atom stereocenters. The lowest BCUT2D eigenvalue weighted by Gasteiger charge is -2.11. The molecule has 0 aliphatic rings. The minimum Gasteiger partial charge on any atom is -0.483 e. The molecule has 3 N–H and O–H groups in total. The van der Waals surface area contributed by atoms with Gasteiger partial charge in [-0.2, -0.15) is 0 Å². The molecule has 21 heavy (non-hydrogen) atoms. The Morgan fingerprint density at radius 3 is 2.48 bits per heavy atom. The molecule has 110 valence electrons. The summed E-state index contributed by atoms with van der Waals surface area (Å²) in [5, 5.41) is 2.75. The van der Waals surface area contributed by atoms with Crippen molar-refractivity contribution in [2.45, 2.75) is 20.8 Å². The third kappa shape index (κ3) is 3.99. The van der Waals surface area contributed by atoms with Crippen LogP contribution in [0.2, 0.25) is 0 Å². The van der Waals surface area contributed by atoms with Gasteiger partial charge in [0.1, 0.15) is 5.75 Å². The number of anilines is 2. The topological polar surface area (TPSA) is 64.3 Å². The van der Waals surface area contributed by atoms with E-state index in [-0.39, 0.29) is 12.5 Å². The predicted octanol–water partition coefficient (Wildman–Crippen LogP) is 3.21. The molecule has 2 aromatic rings. The standard InChI is InChI=1S/C17H20N2O2/c1-11-5-7-15(14(18)8-11)19-17(20)10-21-16-9-12(2)4-6-13(16)3/h4-9H,10,18H2,1-3H3,(H,19,20). The van der Waals surface area contributed by atoms with Gasteiger partial charge in [-0.25, -0.2) is 0 Å². The molecule has 1 amide bonds. The Kier molecular flexibility index (Phi) is 4.48. The molecule has 0 heterocycles. The van der Waals surface area contributed by atoms with Crippen molar-refractivity contribution in [3.63, 3.8) is 0 Å². The van der Waals surface area contributed by atoms with Crippen molar-refractivity contribution >= 4 is 17.3 Å². The average molecular weight is 284 g/mol. The van der Waals surface area contributed by atoms with Crippen molar-refractivity contribution in [1.82, 2.24) is 0 Å². The number of nitrogen functional groups attached to an aromatic ring is 1. The van der Waals surface area contributed by atoms with Crippen LogP contribution >= 0.6 is 0 Å². The van der Waals surface area contributed by atoms with E-state index >= 15 is 0 Å². The summed E-state index contributed by atoms with van der Waals surface area (Å²) in [6, 6.07) is 11.4. The lowest BCUT2D eigenvalue weighted by Crippen LogP contribution is -2.21. The van der Waals surface area contributed by atoms with Gasteiger partial charge < -0.3 is 15.8 Å². The van der Waals surface area contributed by atoms with Gasteiger partial charge in [0, 0.05) is 0 Å². The molecule has 2 rings (SSSR count). The maximum Gasteiger partial charge on any atom is 0.262 e. The molecule has 0 aliphatic heterocycles. The normalized spacial score (nSPS) is 10.2. The van der Waals surface area contributed by atoms with Crippen LogP contribution in [0.15, 0.2) is 36.4 Å². The SMILES string of the molecule is Cc1ccc(NC(=O)COc2cc(C)ccc2C)c(N)c1. The highest BCUT2D eigenvalue weighted by atomic mass is 16.5. The van der Waals surface area contributed by atoms with Crippen LogP contribution in [0.3, 0.4) is 0 Å². The van der Waals surface area contributed by atoms with E-state index in [0.717, 1.165) is 22.4 Å². The second-order valence-corrected chi connectivity index (χ2v) is 5.20. The van der Waals surface area contributed by atoms with E-state index in [9.17, 15) is 4.79 Å². The summed E-state index contributed by atoms with van der Waals surface area (Å²) in [7, 11) is 0. The molecule has 2 aromatic carbocycles. The molecule has 0 fully saturated rings. The number of amides is 1. The second-order valence-electron chi connectivity index (χ2n) is 5.20. The maximum atomic E-state index is 11.9. The monoisotopic (exact) mass is 284 g/mol. The van der Waals surface area contributed by atoms with Gasteiger partial charge in [0.05, 0.1) is 11.4 Å². The van der Waals surface area contributed by atoms with E-state index in [1.807, 2.05) is 51.1 Å². The summed E-state index contributed by atoms with van der Waals surface area (Å²) in [5.41, 5.74) is 10.2. The number of hydrogen-bond acceptors (Lipinski definition) is 3. The fraction of sp³-hybridized carbons (Fsp3) is 0.235. The van der Waals surface area contributed by atoms with E-state index in [0.29, 0.717) is 11.4 Å². The van der Waals surface area contributed by atoms with Crippen molar-refractivity contribution in [3.8, 4) is 5.75 Å². The predicted molar refractivity (Wildman–Crippen MR) is 85.6 cm³/mol. The largest absolute Gasteiger partial charge is 0.483 e. The minimum absolute atomic E-state index is 0.0440. The van der Waals surface area contributed by atoms with E-state index in [1.54, 1.807) is 6.07 Å². The second kappa shape index (κ2) is 6.31. The number of rotatable bonds is 4. The molecule has 0 saturated carbocycles. The average Bonchev–Trinajstić information content (AvgIpc) is 2.43. The minimum atomic E-state index is -0.230. The molecule has 0 bridgehead atoms. The number of benzene rings is 2. The number of ether oxygens (including phenoxy) is 1. The Morgan fingerprint density at radius 2 is 1.76 bits per heavy atom. The number of carbonyl (C=O) groups excluding carboxylic acids is 1. The first-order valence-corrected chi connectivity index (χ1v) is 6.82. The lowest BCUT2D eigenvalue weighted by molar-refractivity contribution is -0.118. The van der Waals surface area contributed by atoms with Gasteiger partial charge in [-0.3, -0.25) is 4.79 Å². The molecular formula is C17H20N2O2. The molecule has 4 nitrogen and oxygen atoms in total. The first-order valence-electron chi connectivity index (χ1n) is 6.82. The molecule has 0 aliphatic carbocycles. The fourth-order valence-electron chi connectivity index (χ4n) is 1.99. The number of nitrogens with two attached hydrogens (primary N) is 1. The van der Waals surface area contributed by atoms with Crippen LogP contribution in [0.1, 0.15) is 16.7 Å². The molecule has 4 heteroatoms. The van der Waals surface area contributed by atoms with Gasteiger partial charge in [0.15, 0.2) is 6.61 Å². The van der Waals surface area contributed by atoms with Crippen molar-refractivity contribution in [2.24, 2.45) is 0 Å². The third-order valence-electron chi connectivity index (χ3n) is 3.18. The number of carbonyl (C=O) groups is 1. The van der Waals surface area contributed by atoms with Crippen LogP contribution in [-0.2, 0) is 4.79 Å². The van der Waals surface area contributed by atoms with E-state index < -0.39 is 0 Å². The van der Waals surface area contributed by atoms with Crippen molar-refractivity contribution in [3.05, 3.63) is 53.1 Å². The zero-order chi connectivity index (χ0) is 15.4. The Morgan fingerprint density at radius 1 is 1.10 bits per heavy atom. The molecule has 0 spiro atoms. The van der Waals surface area contributed by atoms with Gasteiger partial charge in [-0.1, -0.05) is 18.2 Å². The van der Waals surface area contributed by atoms with Crippen molar-refractivity contribution in [1.29, 1.82) is 0 Å². The van der Waals surface area contributed by atoms with Crippen LogP contribution in [0.25, 0.3) is 0 Å².